The zero-order valence-electron chi connectivity index (χ0n) is 16.5. The molecule has 1 aromatic carbocycles. The summed E-state index contributed by atoms with van der Waals surface area (Å²) in [5.74, 6) is -0.0755. The Balaban J connectivity index is 1.76. The van der Waals surface area contributed by atoms with Crippen LogP contribution in [-0.2, 0) is 13.0 Å². The summed E-state index contributed by atoms with van der Waals surface area (Å²) in [6, 6.07) is 10.3. The number of rotatable bonds is 8. The van der Waals surface area contributed by atoms with Crippen molar-refractivity contribution in [2.45, 2.75) is 51.2 Å². The summed E-state index contributed by atoms with van der Waals surface area (Å²) in [5.41, 5.74) is 2.93. The first-order valence-corrected chi connectivity index (χ1v) is 9.78. The molecule has 146 valence electrons. The molecule has 2 atom stereocenters. The highest BCUT2D eigenvalue weighted by Gasteiger charge is 2.33. The Hall–Kier alpha value is -2.95. The molecule has 2 heterocycles. The third-order valence-corrected chi connectivity index (χ3v) is 5.10. The van der Waals surface area contributed by atoms with Crippen molar-refractivity contribution < 1.29 is 4.79 Å². The zero-order valence-corrected chi connectivity index (χ0v) is 16.5. The van der Waals surface area contributed by atoms with Gasteiger partial charge >= 0.3 is 0 Å². The maximum Gasteiger partial charge on any atom is 0.276 e. The van der Waals surface area contributed by atoms with E-state index < -0.39 is 0 Å². The number of amides is 1. The molecule has 2 aromatic rings. The highest BCUT2D eigenvalue weighted by atomic mass is 16.2. The Bertz CT molecular complexity index is 852. The summed E-state index contributed by atoms with van der Waals surface area (Å²) in [6.45, 7) is 10.5. The van der Waals surface area contributed by atoms with Gasteiger partial charge in [-0.05, 0) is 38.2 Å². The number of benzene rings is 1. The number of aromatic nitrogens is 3. The maximum absolute atomic E-state index is 13.3. The predicted molar refractivity (Wildman–Crippen MR) is 112 cm³/mol. The molecule has 0 bridgehead atoms. The molecular formula is C23H28N4O. The average molecular weight is 377 g/mol. The van der Waals surface area contributed by atoms with Crippen LogP contribution < -0.4 is 0 Å². The highest BCUT2D eigenvalue weighted by Crippen LogP contribution is 2.28. The minimum Gasteiger partial charge on any atom is -0.327 e. The fourth-order valence-corrected chi connectivity index (χ4v) is 3.80. The van der Waals surface area contributed by atoms with Crippen LogP contribution in [0.2, 0.25) is 0 Å². The van der Waals surface area contributed by atoms with Gasteiger partial charge in [0.1, 0.15) is 0 Å². The fraction of sp³-hybridized carbons (Fsp3) is 0.348. The van der Waals surface area contributed by atoms with E-state index in [9.17, 15) is 4.79 Å². The summed E-state index contributed by atoms with van der Waals surface area (Å²) in [5, 5.41) is 8.33. The molecule has 5 heteroatoms. The number of aryl methyl sites for hydroxylation is 2. The van der Waals surface area contributed by atoms with E-state index in [-0.39, 0.29) is 18.0 Å². The summed E-state index contributed by atoms with van der Waals surface area (Å²) in [4.78, 5) is 15.2. The molecule has 1 aliphatic rings. The molecule has 0 saturated carbocycles. The van der Waals surface area contributed by atoms with E-state index in [1.165, 1.54) is 11.1 Å². The number of hydrogen-bond donors (Lipinski definition) is 0. The molecule has 1 aliphatic heterocycles. The van der Waals surface area contributed by atoms with Crippen LogP contribution in [0.15, 0.2) is 73.5 Å². The van der Waals surface area contributed by atoms with E-state index in [2.05, 4.69) is 48.6 Å². The van der Waals surface area contributed by atoms with E-state index in [4.69, 9.17) is 0 Å². The van der Waals surface area contributed by atoms with Crippen molar-refractivity contribution in [1.29, 1.82) is 0 Å². The van der Waals surface area contributed by atoms with Crippen LogP contribution in [0.3, 0.4) is 0 Å². The fourth-order valence-electron chi connectivity index (χ4n) is 3.80. The van der Waals surface area contributed by atoms with Crippen LogP contribution in [0.5, 0.6) is 0 Å². The molecular weight excluding hydrogens is 348 g/mol. The van der Waals surface area contributed by atoms with Gasteiger partial charge in [-0.15, -0.1) is 18.3 Å². The Morgan fingerprint density at radius 2 is 1.96 bits per heavy atom. The van der Waals surface area contributed by atoms with Gasteiger partial charge in [-0.25, -0.2) is 0 Å². The number of hydrogen-bond acceptors (Lipinski definition) is 3. The van der Waals surface area contributed by atoms with Gasteiger partial charge in [-0.3, -0.25) is 9.48 Å². The van der Waals surface area contributed by atoms with E-state index in [0.29, 0.717) is 12.2 Å². The Kier molecular flexibility index (Phi) is 6.58. The van der Waals surface area contributed by atoms with Gasteiger partial charge in [0.05, 0.1) is 12.2 Å². The van der Waals surface area contributed by atoms with Crippen molar-refractivity contribution in [2.75, 3.05) is 0 Å². The Morgan fingerprint density at radius 1 is 1.21 bits per heavy atom. The molecule has 0 saturated heterocycles. The van der Waals surface area contributed by atoms with Crippen molar-refractivity contribution in [1.82, 2.24) is 19.9 Å². The predicted octanol–water partition coefficient (Wildman–Crippen LogP) is 4.20. The highest BCUT2D eigenvalue weighted by molar-refractivity contribution is 5.92. The Morgan fingerprint density at radius 3 is 2.68 bits per heavy atom. The van der Waals surface area contributed by atoms with Crippen LogP contribution in [0, 0.1) is 0 Å². The lowest BCUT2D eigenvalue weighted by Gasteiger charge is -2.40. The Labute approximate surface area is 167 Å². The second-order valence-electron chi connectivity index (χ2n) is 7.30. The van der Waals surface area contributed by atoms with E-state index in [1.54, 1.807) is 10.9 Å². The lowest BCUT2D eigenvalue weighted by atomic mass is 9.92. The molecule has 1 aromatic heterocycles. The largest absolute Gasteiger partial charge is 0.327 e. The molecule has 1 amide bonds. The molecule has 28 heavy (non-hydrogen) atoms. The smallest absolute Gasteiger partial charge is 0.276 e. The maximum atomic E-state index is 13.3. The first-order chi connectivity index (χ1) is 13.6. The van der Waals surface area contributed by atoms with Crippen molar-refractivity contribution in [3.05, 3.63) is 84.7 Å². The molecule has 5 nitrogen and oxygen atoms in total. The molecule has 0 spiro atoms. The van der Waals surface area contributed by atoms with Gasteiger partial charge in [-0.2, -0.15) is 0 Å². The van der Waals surface area contributed by atoms with E-state index in [1.807, 2.05) is 35.3 Å². The zero-order chi connectivity index (χ0) is 19.9. The van der Waals surface area contributed by atoms with Gasteiger partial charge in [0.25, 0.3) is 5.91 Å². The van der Waals surface area contributed by atoms with E-state index >= 15 is 0 Å². The second kappa shape index (κ2) is 9.31. The quantitative estimate of drug-likeness (QED) is 0.649. The van der Waals surface area contributed by atoms with Gasteiger partial charge in [0, 0.05) is 12.6 Å². The standard InChI is InChI=1S/C23H28N4O/c1-4-9-20-15-18(3)16-21(10-5-2)27(20)23(28)22-17-26(25-24-22)14-13-19-11-7-6-8-12-19/h4-8,11-12,15,17,20-21H,1-2,9-10,13-14,16H2,3H3/t20-,21-/m0/s1. The first kappa shape index (κ1) is 19.8. The SMILES string of the molecule is C=CC[C@H]1CC(C)=C[C@H](CC=C)N1C(=O)c1cn(CCc2ccccc2)nn1. The van der Waals surface area contributed by atoms with Crippen LogP contribution in [0.4, 0.5) is 0 Å². The van der Waals surface area contributed by atoms with Gasteiger partial charge in [0.15, 0.2) is 5.69 Å². The molecule has 0 aliphatic carbocycles. The van der Waals surface area contributed by atoms with Crippen LogP contribution in [0.1, 0.15) is 42.2 Å². The van der Waals surface area contributed by atoms with Crippen LogP contribution in [-0.4, -0.2) is 37.9 Å². The van der Waals surface area contributed by atoms with E-state index in [0.717, 1.165) is 25.7 Å². The number of nitrogens with zero attached hydrogens (tertiary/aromatic N) is 4. The van der Waals surface area contributed by atoms with Crippen LogP contribution in [0.25, 0.3) is 0 Å². The average Bonchev–Trinajstić information content (AvgIpc) is 3.16. The molecule has 0 unspecified atom stereocenters. The van der Waals surface area contributed by atoms with Crippen LogP contribution >= 0.6 is 0 Å². The monoisotopic (exact) mass is 376 g/mol. The summed E-state index contributed by atoms with van der Waals surface area (Å²) >= 11 is 0. The van der Waals surface area contributed by atoms with Crippen molar-refractivity contribution in [3.63, 3.8) is 0 Å². The minimum atomic E-state index is -0.0755. The van der Waals surface area contributed by atoms with Crippen molar-refractivity contribution in [3.8, 4) is 0 Å². The van der Waals surface area contributed by atoms with Gasteiger partial charge in [0.2, 0.25) is 0 Å². The summed E-state index contributed by atoms with van der Waals surface area (Å²) < 4.78 is 1.75. The van der Waals surface area contributed by atoms with Crippen molar-refractivity contribution >= 4 is 5.91 Å². The first-order valence-electron chi connectivity index (χ1n) is 9.78. The summed E-state index contributed by atoms with van der Waals surface area (Å²) in [7, 11) is 0. The normalized spacial score (nSPS) is 19.2. The van der Waals surface area contributed by atoms with Gasteiger partial charge in [-0.1, -0.05) is 59.3 Å². The summed E-state index contributed by atoms with van der Waals surface area (Å²) in [6.07, 6.45) is 10.8. The molecule has 0 N–H and O–H groups in total. The van der Waals surface area contributed by atoms with Crippen molar-refractivity contribution in [2.24, 2.45) is 0 Å². The lowest BCUT2D eigenvalue weighted by Crippen LogP contribution is -2.48. The minimum absolute atomic E-state index is 0.00170. The molecule has 0 radical (unpaired) electrons. The molecule has 0 fully saturated rings. The van der Waals surface area contributed by atoms with Gasteiger partial charge < -0.3 is 4.90 Å². The number of carbonyl (C=O) groups is 1. The molecule has 3 rings (SSSR count). The number of carbonyl (C=O) groups excluding carboxylic acids is 1. The second-order valence-corrected chi connectivity index (χ2v) is 7.30. The lowest BCUT2D eigenvalue weighted by molar-refractivity contribution is 0.0595. The third-order valence-electron chi connectivity index (χ3n) is 5.10. The third kappa shape index (κ3) is 4.66. The topological polar surface area (TPSA) is 51.0 Å².